The van der Waals surface area contributed by atoms with Crippen LogP contribution in [-0.4, -0.2) is 17.7 Å². The Balaban J connectivity index is 1.75. The monoisotopic (exact) mass is 335 g/mol. The lowest BCUT2D eigenvalue weighted by Gasteiger charge is -2.25. The highest BCUT2D eigenvalue weighted by molar-refractivity contribution is 5.91. The molecule has 0 aliphatic carbocycles. The van der Waals surface area contributed by atoms with Crippen molar-refractivity contribution in [3.8, 4) is 17.2 Å². The number of fused-ring (bicyclic) bond motifs is 4. The van der Waals surface area contributed by atoms with E-state index in [9.17, 15) is 9.59 Å². The number of aromatic nitrogens is 1. The van der Waals surface area contributed by atoms with Crippen molar-refractivity contribution in [2.75, 3.05) is 6.79 Å². The first-order valence-electron chi connectivity index (χ1n) is 7.96. The van der Waals surface area contributed by atoms with Crippen molar-refractivity contribution < 1.29 is 19.0 Å². The second-order valence-electron chi connectivity index (χ2n) is 6.09. The molecule has 2 aliphatic rings. The number of pyridine rings is 1. The fraction of sp³-hybridized carbons (Fsp3) is 0.158. The van der Waals surface area contributed by atoms with Crippen LogP contribution in [0.1, 0.15) is 23.5 Å². The summed E-state index contributed by atoms with van der Waals surface area (Å²) in [7, 11) is 0. The van der Waals surface area contributed by atoms with Gasteiger partial charge in [0, 0.05) is 11.3 Å². The van der Waals surface area contributed by atoms with Crippen LogP contribution in [0, 0.1) is 0 Å². The van der Waals surface area contributed by atoms with E-state index in [4.69, 9.17) is 14.2 Å². The van der Waals surface area contributed by atoms with Crippen LogP contribution in [0.3, 0.4) is 0 Å². The molecule has 0 saturated heterocycles. The fourth-order valence-corrected chi connectivity index (χ4v) is 3.49. The second kappa shape index (κ2) is 5.11. The molecule has 0 radical (unpaired) electrons. The van der Waals surface area contributed by atoms with Crippen LogP contribution >= 0.6 is 0 Å². The normalized spacial score (nSPS) is 18.1. The molecule has 1 aromatic heterocycles. The topological polar surface area (TPSA) is 77.6 Å². The minimum Gasteiger partial charge on any atom is -0.454 e. The van der Waals surface area contributed by atoms with Gasteiger partial charge in [-0.25, -0.2) is 0 Å². The van der Waals surface area contributed by atoms with Gasteiger partial charge in [0.2, 0.25) is 6.79 Å². The summed E-state index contributed by atoms with van der Waals surface area (Å²) in [6.45, 7) is 0.174. The van der Waals surface area contributed by atoms with E-state index in [0.29, 0.717) is 28.3 Å². The summed E-state index contributed by atoms with van der Waals surface area (Å²) in [5.41, 5.74) is 1.69. The van der Waals surface area contributed by atoms with Gasteiger partial charge in [-0.1, -0.05) is 18.2 Å². The quantitative estimate of drug-likeness (QED) is 0.692. The van der Waals surface area contributed by atoms with E-state index in [-0.39, 0.29) is 30.7 Å². The first-order chi connectivity index (χ1) is 12.2. The van der Waals surface area contributed by atoms with Crippen LogP contribution in [0.15, 0.2) is 47.3 Å². The van der Waals surface area contributed by atoms with E-state index < -0.39 is 0 Å². The maximum atomic E-state index is 12.7. The van der Waals surface area contributed by atoms with Crippen LogP contribution in [-0.2, 0) is 4.79 Å². The van der Waals surface area contributed by atoms with Crippen molar-refractivity contribution in [1.82, 2.24) is 4.98 Å². The van der Waals surface area contributed by atoms with Crippen molar-refractivity contribution >= 4 is 16.9 Å². The summed E-state index contributed by atoms with van der Waals surface area (Å²) in [6, 6.07) is 12.8. The smallest absolute Gasteiger partial charge is 0.312 e. The van der Waals surface area contributed by atoms with Crippen LogP contribution < -0.4 is 19.8 Å². The Morgan fingerprint density at radius 3 is 2.76 bits per heavy atom. The summed E-state index contributed by atoms with van der Waals surface area (Å²) in [5, 5.41) is 0.718. The van der Waals surface area contributed by atoms with Gasteiger partial charge in [-0.2, -0.15) is 0 Å². The lowest BCUT2D eigenvalue weighted by molar-refractivity contribution is -0.135. The summed E-state index contributed by atoms with van der Waals surface area (Å²) in [5.74, 6) is 0.883. The summed E-state index contributed by atoms with van der Waals surface area (Å²) < 4.78 is 16.2. The molecule has 124 valence electrons. The Morgan fingerprint density at radius 2 is 1.84 bits per heavy atom. The molecule has 1 N–H and O–H groups in total. The van der Waals surface area contributed by atoms with Crippen LogP contribution in [0.4, 0.5) is 0 Å². The minimum absolute atomic E-state index is 0.105. The SMILES string of the molecule is O=C1CC(c2ccc3c(c2)OCO3)c2c(c3ccccc3[nH]c2=O)O1. The van der Waals surface area contributed by atoms with Gasteiger partial charge in [-0.3, -0.25) is 9.59 Å². The van der Waals surface area contributed by atoms with Crippen molar-refractivity contribution in [3.05, 3.63) is 63.9 Å². The third-order valence-electron chi connectivity index (χ3n) is 4.64. The van der Waals surface area contributed by atoms with Crippen LogP contribution in [0.2, 0.25) is 0 Å². The average molecular weight is 335 g/mol. The predicted octanol–water partition coefficient (Wildman–Crippen LogP) is 2.70. The first kappa shape index (κ1) is 14.1. The number of hydrogen-bond acceptors (Lipinski definition) is 5. The molecule has 6 heteroatoms. The number of carbonyl (C=O) groups is 1. The largest absolute Gasteiger partial charge is 0.454 e. The molecule has 1 atom stereocenters. The van der Waals surface area contributed by atoms with E-state index in [1.807, 2.05) is 30.3 Å². The molecule has 0 amide bonds. The molecule has 1 unspecified atom stereocenters. The second-order valence-corrected chi connectivity index (χ2v) is 6.09. The molecule has 5 rings (SSSR count). The number of rotatable bonds is 1. The molecule has 0 saturated carbocycles. The lowest BCUT2D eigenvalue weighted by Crippen LogP contribution is -2.28. The zero-order chi connectivity index (χ0) is 17.0. The van der Waals surface area contributed by atoms with Gasteiger partial charge in [0.1, 0.15) is 5.75 Å². The van der Waals surface area contributed by atoms with Gasteiger partial charge in [-0.05, 0) is 29.8 Å². The zero-order valence-corrected chi connectivity index (χ0v) is 13.1. The number of ether oxygens (including phenoxy) is 3. The van der Waals surface area contributed by atoms with Crippen molar-refractivity contribution in [2.45, 2.75) is 12.3 Å². The Morgan fingerprint density at radius 1 is 1.00 bits per heavy atom. The molecule has 6 nitrogen and oxygen atoms in total. The summed E-state index contributed by atoms with van der Waals surface area (Å²) in [6.07, 6.45) is 0.105. The molecule has 3 heterocycles. The predicted molar refractivity (Wildman–Crippen MR) is 89.2 cm³/mol. The summed E-state index contributed by atoms with van der Waals surface area (Å²) in [4.78, 5) is 27.8. The molecule has 2 aliphatic heterocycles. The van der Waals surface area contributed by atoms with E-state index in [0.717, 1.165) is 10.9 Å². The molecule has 0 fully saturated rings. The number of H-pyrrole nitrogens is 1. The Labute approximate surface area is 142 Å². The Hall–Kier alpha value is -3.28. The number of hydrogen-bond donors (Lipinski definition) is 1. The molecule has 25 heavy (non-hydrogen) atoms. The highest BCUT2D eigenvalue weighted by Gasteiger charge is 2.33. The number of esters is 1. The third-order valence-corrected chi connectivity index (χ3v) is 4.64. The molecule has 0 bridgehead atoms. The van der Waals surface area contributed by atoms with Gasteiger partial charge < -0.3 is 19.2 Å². The average Bonchev–Trinajstić information content (AvgIpc) is 3.08. The molecule has 3 aromatic rings. The summed E-state index contributed by atoms with van der Waals surface area (Å²) >= 11 is 0. The van der Waals surface area contributed by atoms with Crippen molar-refractivity contribution in [1.29, 1.82) is 0 Å². The first-order valence-corrected chi connectivity index (χ1v) is 7.96. The molecular weight excluding hydrogens is 322 g/mol. The van der Waals surface area contributed by atoms with E-state index in [2.05, 4.69) is 4.98 Å². The van der Waals surface area contributed by atoms with Gasteiger partial charge in [0.25, 0.3) is 5.56 Å². The molecule has 2 aromatic carbocycles. The zero-order valence-electron chi connectivity index (χ0n) is 13.1. The highest BCUT2D eigenvalue weighted by Crippen LogP contribution is 2.42. The number of carbonyl (C=O) groups excluding carboxylic acids is 1. The number of benzene rings is 2. The number of para-hydroxylation sites is 1. The van der Waals surface area contributed by atoms with Gasteiger partial charge >= 0.3 is 5.97 Å². The Bertz CT molecular complexity index is 1080. The van der Waals surface area contributed by atoms with Gasteiger partial charge in [0.05, 0.1) is 17.5 Å². The van der Waals surface area contributed by atoms with Crippen molar-refractivity contribution in [3.63, 3.8) is 0 Å². The maximum Gasteiger partial charge on any atom is 0.312 e. The number of nitrogens with one attached hydrogen (secondary N) is 1. The van der Waals surface area contributed by atoms with E-state index in [1.165, 1.54) is 0 Å². The fourth-order valence-electron chi connectivity index (χ4n) is 3.49. The minimum atomic E-state index is -0.390. The molecular formula is C19H13NO5. The van der Waals surface area contributed by atoms with Crippen LogP contribution in [0.25, 0.3) is 10.9 Å². The van der Waals surface area contributed by atoms with Crippen LogP contribution in [0.5, 0.6) is 17.2 Å². The number of aromatic amines is 1. The third kappa shape index (κ3) is 2.11. The highest BCUT2D eigenvalue weighted by atomic mass is 16.7. The maximum absolute atomic E-state index is 12.7. The van der Waals surface area contributed by atoms with Gasteiger partial charge in [-0.15, -0.1) is 0 Å². The molecule has 0 spiro atoms. The Kier molecular flexibility index (Phi) is 2.88. The van der Waals surface area contributed by atoms with E-state index in [1.54, 1.807) is 12.1 Å². The van der Waals surface area contributed by atoms with E-state index >= 15 is 0 Å². The lowest BCUT2D eigenvalue weighted by atomic mass is 9.86. The van der Waals surface area contributed by atoms with Crippen molar-refractivity contribution in [2.24, 2.45) is 0 Å². The standard InChI is InChI=1S/C19H13NO5/c21-16-8-12(10-5-6-14-15(7-10)24-9-23-14)17-18(25-16)11-3-1-2-4-13(11)20-19(17)22/h1-7,12H,8-9H2,(H,20,22). The van der Waals surface area contributed by atoms with Gasteiger partial charge in [0.15, 0.2) is 11.5 Å².